The van der Waals surface area contributed by atoms with Gasteiger partial charge in [-0.3, -0.25) is 0 Å². The summed E-state index contributed by atoms with van der Waals surface area (Å²) < 4.78 is 36.9. The minimum atomic E-state index is -3.74. The number of hydrogen-bond donors (Lipinski definition) is 1. The van der Waals surface area contributed by atoms with Gasteiger partial charge in [0.05, 0.1) is 19.2 Å². The second kappa shape index (κ2) is 9.68. The average molecular weight is 401 g/mol. The van der Waals surface area contributed by atoms with Crippen molar-refractivity contribution >= 4 is 34.0 Å². The fraction of sp³-hybridized carbons (Fsp3) is 0.600. The van der Waals surface area contributed by atoms with E-state index in [1.807, 2.05) is 13.8 Å². The highest BCUT2D eigenvalue weighted by Gasteiger charge is 2.26. The molecular formula is C15H26Cl2N2O4S. The van der Waals surface area contributed by atoms with Crippen LogP contribution in [0.15, 0.2) is 17.0 Å². The maximum atomic E-state index is 12.7. The number of sulfonamides is 1. The van der Waals surface area contributed by atoms with E-state index in [0.29, 0.717) is 24.5 Å². The van der Waals surface area contributed by atoms with Crippen molar-refractivity contribution in [1.82, 2.24) is 4.31 Å². The van der Waals surface area contributed by atoms with Crippen LogP contribution in [0.1, 0.15) is 20.3 Å². The summed E-state index contributed by atoms with van der Waals surface area (Å²) in [5.41, 5.74) is 5.98. The molecule has 0 aliphatic carbocycles. The molecule has 1 rings (SSSR count). The van der Waals surface area contributed by atoms with E-state index in [1.54, 1.807) is 0 Å². The van der Waals surface area contributed by atoms with Crippen molar-refractivity contribution in [3.63, 3.8) is 0 Å². The number of methoxy groups -OCH3 is 2. The number of ether oxygens (including phenoxy) is 2. The fourth-order valence-corrected chi connectivity index (χ4v) is 3.67. The molecule has 0 saturated heterocycles. The predicted octanol–water partition coefficient (Wildman–Crippen LogP) is 2.77. The summed E-state index contributed by atoms with van der Waals surface area (Å²) in [6.45, 7) is 4.32. The van der Waals surface area contributed by atoms with Crippen LogP contribution in [-0.2, 0) is 10.0 Å². The fourth-order valence-electron chi connectivity index (χ4n) is 1.99. The van der Waals surface area contributed by atoms with Gasteiger partial charge in [0, 0.05) is 31.8 Å². The molecule has 0 aliphatic rings. The van der Waals surface area contributed by atoms with Crippen LogP contribution in [0.3, 0.4) is 0 Å². The van der Waals surface area contributed by atoms with Gasteiger partial charge in [-0.05, 0) is 12.3 Å². The molecule has 1 aromatic carbocycles. The Kier molecular flexibility index (Phi) is 9.38. The molecule has 0 aromatic heterocycles. The van der Waals surface area contributed by atoms with Gasteiger partial charge in [-0.1, -0.05) is 25.4 Å². The third-order valence-corrected chi connectivity index (χ3v) is 6.08. The lowest BCUT2D eigenvalue weighted by molar-refractivity contribution is 0.353. The average Bonchev–Trinajstić information content (AvgIpc) is 2.51. The summed E-state index contributed by atoms with van der Waals surface area (Å²) >= 11 is 6.11. The Morgan fingerprint density at radius 2 is 1.71 bits per heavy atom. The Bertz CT molecular complexity index is 639. The zero-order valence-electron chi connectivity index (χ0n) is 14.6. The van der Waals surface area contributed by atoms with Crippen LogP contribution in [0.25, 0.3) is 0 Å². The number of nitrogens with two attached hydrogens (primary N) is 1. The van der Waals surface area contributed by atoms with E-state index in [-0.39, 0.29) is 34.3 Å². The van der Waals surface area contributed by atoms with Crippen LogP contribution >= 0.6 is 24.0 Å². The first-order valence-corrected chi connectivity index (χ1v) is 9.10. The summed E-state index contributed by atoms with van der Waals surface area (Å²) in [5, 5.41) is 0.0858. The van der Waals surface area contributed by atoms with Crippen LogP contribution in [0.4, 0.5) is 0 Å². The molecule has 0 radical (unpaired) electrons. The van der Waals surface area contributed by atoms with Gasteiger partial charge < -0.3 is 15.2 Å². The zero-order valence-corrected chi connectivity index (χ0v) is 17.0. The first-order chi connectivity index (χ1) is 10.6. The molecule has 0 bridgehead atoms. The maximum absolute atomic E-state index is 12.7. The number of nitrogens with zero attached hydrogens (tertiary/aromatic N) is 1. The number of rotatable bonds is 8. The van der Waals surface area contributed by atoms with Gasteiger partial charge in [-0.2, -0.15) is 0 Å². The van der Waals surface area contributed by atoms with Gasteiger partial charge in [0.1, 0.15) is 4.90 Å². The molecule has 6 nitrogen and oxygen atoms in total. The zero-order chi connectivity index (χ0) is 17.8. The first-order valence-electron chi connectivity index (χ1n) is 7.28. The Hall–Kier alpha value is -0.730. The van der Waals surface area contributed by atoms with Crippen molar-refractivity contribution < 1.29 is 17.9 Å². The van der Waals surface area contributed by atoms with Crippen molar-refractivity contribution in [2.24, 2.45) is 11.7 Å². The molecule has 0 fully saturated rings. The highest BCUT2D eigenvalue weighted by atomic mass is 35.5. The number of hydrogen-bond acceptors (Lipinski definition) is 5. The summed E-state index contributed by atoms with van der Waals surface area (Å²) in [4.78, 5) is -0.0163. The Labute approximate surface area is 155 Å². The van der Waals surface area contributed by atoms with Crippen molar-refractivity contribution in [2.75, 3.05) is 27.8 Å². The molecule has 2 N–H and O–H groups in total. The topological polar surface area (TPSA) is 81.9 Å². The van der Waals surface area contributed by atoms with E-state index in [4.69, 9.17) is 26.8 Å². The minimum Gasteiger partial charge on any atom is -0.493 e. The second-order valence-electron chi connectivity index (χ2n) is 5.66. The predicted molar refractivity (Wildman–Crippen MR) is 99.1 cm³/mol. The summed E-state index contributed by atoms with van der Waals surface area (Å²) in [5.74, 6) is 0.972. The van der Waals surface area contributed by atoms with E-state index in [1.165, 1.54) is 37.7 Å². The Morgan fingerprint density at radius 1 is 1.21 bits per heavy atom. The lowest BCUT2D eigenvalue weighted by atomic mass is 10.0. The van der Waals surface area contributed by atoms with Crippen molar-refractivity contribution in [3.8, 4) is 11.5 Å². The quantitative estimate of drug-likeness (QED) is 0.725. The second-order valence-corrected chi connectivity index (χ2v) is 8.08. The maximum Gasteiger partial charge on any atom is 0.244 e. The molecule has 0 amide bonds. The van der Waals surface area contributed by atoms with E-state index in [9.17, 15) is 8.42 Å². The molecule has 0 spiro atoms. The molecule has 0 saturated carbocycles. The largest absolute Gasteiger partial charge is 0.493 e. The molecule has 9 heteroatoms. The van der Waals surface area contributed by atoms with E-state index in [0.717, 1.165) is 0 Å². The van der Waals surface area contributed by atoms with Gasteiger partial charge in [-0.15, -0.1) is 12.4 Å². The lowest BCUT2D eigenvalue weighted by Crippen LogP contribution is -2.34. The van der Waals surface area contributed by atoms with Crippen molar-refractivity contribution in [2.45, 2.75) is 31.2 Å². The van der Waals surface area contributed by atoms with Gasteiger partial charge in [0.2, 0.25) is 10.0 Å². The smallest absolute Gasteiger partial charge is 0.244 e. The number of halogens is 2. The van der Waals surface area contributed by atoms with Crippen LogP contribution in [0.5, 0.6) is 11.5 Å². The van der Waals surface area contributed by atoms with Gasteiger partial charge in [0.25, 0.3) is 0 Å². The third kappa shape index (κ3) is 5.39. The highest BCUT2D eigenvalue weighted by Crippen LogP contribution is 2.36. The molecule has 1 aromatic rings. The summed E-state index contributed by atoms with van der Waals surface area (Å²) in [6, 6.07) is 2.74. The van der Waals surface area contributed by atoms with E-state index < -0.39 is 10.0 Å². The minimum absolute atomic E-state index is 0. The number of benzene rings is 1. The third-order valence-electron chi connectivity index (χ3n) is 3.76. The standard InChI is InChI=1S/C15H25ClN2O4S.ClH/c1-10(2)12(17)6-7-18(3)23(19,20)15-9-14(22-5)13(21-4)8-11(15)16;/h8-10,12H,6-7,17H2,1-5H3;1H. The SMILES string of the molecule is COc1cc(Cl)c(S(=O)(=O)N(C)CCC(N)C(C)C)cc1OC.Cl. The highest BCUT2D eigenvalue weighted by molar-refractivity contribution is 7.89. The molecule has 0 aliphatic heterocycles. The Balaban J connectivity index is 0.00000529. The van der Waals surface area contributed by atoms with Gasteiger partial charge in [0.15, 0.2) is 11.5 Å². The van der Waals surface area contributed by atoms with Gasteiger partial charge >= 0.3 is 0 Å². The lowest BCUT2D eigenvalue weighted by Gasteiger charge is -2.22. The molecule has 0 heterocycles. The molecule has 24 heavy (non-hydrogen) atoms. The molecule has 1 atom stereocenters. The monoisotopic (exact) mass is 400 g/mol. The van der Waals surface area contributed by atoms with E-state index in [2.05, 4.69) is 0 Å². The Morgan fingerprint density at radius 3 is 2.17 bits per heavy atom. The first kappa shape index (κ1) is 23.3. The van der Waals surface area contributed by atoms with Crippen molar-refractivity contribution in [1.29, 1.82) is 0 Å². The van der Waals surface area contributed by atoms with Crippen LogP contribution in [0.2, 0.25) is 5.02 Å². The van der Waals surface area contributed by atoms with Gasteiger partial charge in [-0.25, -0.2) is 12.7 Å². The molecular weight excluding hydrogens is 375 g/mol. The molecule has 1 unspecified atom stereocenters. The summed E-state index contributed by atoms with van der Waals surface area (Å²) in [7, 11) is 0.669. The van der Waals surface area contributed by atoms with E-state index >= 15 is 0 Å². The molecule has 140 valence electrons. The normalized spacial score (nSPS) is 12.9. The summed E-state index contributed by atoms with van der Waals surface area (Å²) in [6.07, 6.45) is 0.568. The van der Waals surface area contributed by atoms with Crippen molar-refractivity contribution in [3.05, 3.63) is 17.2 Å². The van der Waals surface area contributed by atoms with Crippen LogP contribution in [0, 0.1) is 5.92 Å². The van der Waals surface area contributed by atoms with Crippen LogP contribution < -0.4 is 15.2 Å². The van der Waals surface area contributed by atoms with Crippen LogP contribution in [-0.4, -0.2) is 46.6 Å².